The van der Waals surface area contributed by atoms with E-state index in [4.69, 9.17) is 28.9 Å². The number of nitrogens with two attached hydrogens (primary N) is 1. The van der Waals surface area contributed by atoms with Crippen LogP contribution in [0.5, 0.6) is 0 Å². The topological polar surface area (TPSA) is 90.0 Å². The van der Waals surface area contributed by atoms with Gasteiger partial charge in [-0.3, -0.25) is 9.40 Å². The maximum atomic E-state index is 12.9. The summed E-state index contributed by atoms with van der Waals surface area (Å²) in [6.07, 6.45) is 0.378. The smallest absolute Gasteiger partial charge is 0.261 e. The van der Waals surface area contributed by atoms with Crippen LogP contribution in [0.15, 0.2) is 64.9 Å². The number of hydrogen-bond donors (Lipinski definition) is 2. The molecule has 160 valence electrons. The number of aromatic nitrogens is 2. The largest absolute Gasteiger partial charge is 0.384 e. The number of sulfonamides is 1. The Morgan fingerprint density at radius 1 is 1.10 bits per heavy atom. The van der Waals surface area contributed by atoms with Crippen LogP contribution in [0, 0.1) is 0 Å². The Hall–Kier alpha value is -2.52. The fraction of sp³-hybridized carbons (Fsp3) is 0.0952. The van der Waals surface area contributed by atoms with Crippen molar-refractivity contribution in [3.63, 3.8) is 0 Å². The Kier molecular flexibility index (Phi) is 5.98. The van der Waals surface area contributed by atoms with Crippen LogP contribution in [-0.2, 0) is 23.5 Å². The fourth-order valence-electron chi connectivity index (χ4n) is 3.17. The number of thiophene rings is 1. The van der Waals surface area contributed by atoms with Crippen molar-refractivity contribution in [2.75, 3.05) is 10.5 Å². The highest BCUT2D eigenvalue weighted by Crippen LogP contribution is 2.34. The molecule has 0 amide bonds. The van der Waals surface area contributed by atoms with E-state index in [2.05, 4.69) is 9.82 Å². The summed E-state index contributed by atoms with van der Waals surface area (Å²) in [5.41, 5.74) is 8.99. The summed E-state index contributed by atoms with van der Waals surface area (Å²) in [6.45, 7) is 0. The van der Waals surface area contributed by atoms with Crippen LogP contribution >= 0.6 is 34.5 Å². The quantitative estimate of drug-likeness (QED) is 0.375. The number of hydrogen-bond acceptors (Lipinski definition) is 5. The first-order valence-electron chi connectivity index (χ1n) is 9.16. The zero-order chi connectivity index (χ0) is 22.2. The SMILES string of the molecule is Cn1nc(-c2cccs2)c(Cc2ccc(Cl)cc2NS(=O)(=O)c2ccc(Cl)cc2)c1N. The lowest BCUT2D eigenvalue weighted by atomic mass is 10.0. The van der Waals surface area contributed by atoms with Crippen molar-refractivity contribution in [1.82, 2.24) is 9.78 Å². The number of benzene rings is 2. The Morgan fingerprint density at radius 2 is 1.81 bits per heavy atom. The molecule has 3 N–H and O–H groups in total. The fourth-order valence-corrected chi connectivity index (χ4v) is 5.30. The highest BCUT2D eigenvalue weighted by molar-refractivity contribution is 7.92. The van der Waals surface area contributed by atoms with Crippen molar-refractivity contribution in [2.24, 2.45) is 7.05 Å². The standard InChI is InChI=1S/C21H18Cl2N4O2S2/c1-27-21(24)17(20(25-27)19-3-2-10-30-19)11-13-4-5-15(23)12-18(13)26-31(28,29)16-8-6-14(22)7-9-16/h2-10,12,26H,11,24H2,1H3. The number of nitrogens with zero attached hydrogens (tertiary/aromatic N) is 2. The van der Waals surface area contributed by atoms with Crippen LogP contribution in [-0.4, -0.2) is 18.2 Å². The predicted octanol–water partition coefficient (Wildman–Crippen LogP) is 5.43. The summed E-state index contributed by atoms with van der Waals surface area (Å²) in [6, 6.07) is 15.0. The number of halogens is 2. The molecule has 2 heterocycles. The van der Waals surface area contributed by atoms with Crippen LogP contribution in [0.3, 0.4) is 0 Å². The first-order valence-corrected chi connectivity index (χ1v) is 12.3. The van der Waals surface area contributed by atoms with Crippen LogP contribution in [0.25, 0.3) is 10.6 Å². The summed E-state index contributed by atoms with van der Waals surface area (Å²) in [5.74, 6) is 0.518. The number of nitrogen functional groups attached to an aromatic ring is 1. The molecule has 10 heteroatoms. The molecular weight excluding hydrogens is 475 g/mol. The molecule has 0 fully saturated rings. The summed E-state index contributed by atoms with van der Waals surface area (Å²) >= 11 is 13.6. The molecule has 0 saturated heterocycles. The van der Waals surface area contributed by atoms with Gasteiger partial charge in [0.15, 0.2) is 0 Å². The van der Waals surface area contributed by atoms with Gasteiger partial charge in [-0.2, -0.15) is 5.10 Å². The van der Waals surface area contributed by atoms with Crippen LogP contribution in [0.1, 0.15) is 11.1 Å². The lowest BCUT2D eigenvalue weighted by Crippen LogP contribution is -2.14. The van der Waals surface area contributed by atoms with Gasteiger partial charge in [-0.1, -0.05) is 35.3 Å². The third kappa shape index (κ3) is 4.57. The van der Waals surface area contributed by atoms with Gasteiger partial charge in [-0.25, -0.2) is 8.42 Å². The second-order valence-electron chi connectivity index (χ2n) is 6.85. The van der Waals surface area contributed by atoms with Gasteiger partial charge in [-0.05, 0) is 53.4 Å². The molecule has 0 radical (unpaired) electrons. The van der Waals surface area contributed by atoms with E-state index >= 15 is 0 Å². The van der Waals surface area contributed by atoms with Gasteiger partial charge in [0, 0.05) is 29.1 Å². The molecule has 4 rings (SSSR count). The minimum atomic E-state index is -3.84. The van der Waals surface area contributed by atoms with Crippen molar-refractivity contribution >= 4 is 56.1 Å². The van der Waals surface area contributed by atoms with Crippen molar-refractivity contribution in [3.05, 3.63) is 81.1 Å². The van der Waals surface area contributed by atoms with Gasteiger partial charge < -0.3 is 5.73 Å². The first-order chi connectivity index (χ1) is 14.7. The molecule has 0 spiro atoms. The average Bonchev–Trinajstić information content (AvgIpc) is 3.34. The Morgan fingerprint density at radius 3 is 2.48 bits per heavy atom. The molecular formula is C21H18Cl2N4O2S2. The van der Waals surface area contributed by atoms with Gasteiger partial charge in [-0.15, -0.1) is 11.3 Å². The molecule has 0 unspecified atom stereocenters. The summed E-state index contributed by atoms with van der Waals surface area (Å²) in [7, 11) is -2.06. The molecule has 31 heavy (non-hydrogen) atoms. The lowest BCUT2D eigenvalue weighted by molar-refractivity contribution is 0.601. The van der Waals surface area contributed by atoms with Gasteiger partial charge in [0.05, 0.1) is 15.5 Å². The van der Waals surface area contributed by atoms with E-state index in [-0.39, 0.29) is 4.90 Å². The van der Waals surface area contributed by atoms with E-state index < -0.39 is 10.0 Å². The lowest BCUT2D eigenvalue weighted by Gasteiger charge is -2.14. The molecule has 2 aromatic heterocycles. The molecule has 2 aromatic carbocycles. The average molecular weight is 493 g/mol. The molecule has 4 aromatic rings. The second kappa shape index (κ2) is 8.55. The minimum absolute atomic E-state index is 0.1000. The van der Waals surface area contributed by atoms with Crippen LogP contribution in [0.4, 0.5) is 11.5 Å². The zero-order valence-corrected chi connectivity index (χ0v) is 19.5. The minimum Gasteiger partial charge on any atom is -0.384 e. The van der Waals surface area contributed by atoms with Crippen LogP contribution in [0.2, 0.25) is 10.0 Å². The molecule has 0 saturated carbocycles. The second-order valence-corrected chi connectivity index (χ2v) is 10.4. The van der Waals surface area contributed by atoms with E-state index in [1.54, 1.807) is 41.3 Å². The van der Waals surface area contributed by atoms with Gasteiger partial charge >= 0.3 is 0 Å². The highest BCUT2D eigenvalue weighted by atomic mass is 35.5. The summed E-state index contributed by atoms with van der Waals surface area (Å²) in [5, 5.41) is 7.39. The van der Waals surface area contributed by atoms with E-state index in [9.17, 15) is 8.42 Å². The molecule has 0 aliphatic carbocycles. The van der Waals surface area contributed by atoms with E-state index in [0.717, 1.165) is 21.7 Å². The Labute approximate surface area is 194 Å². The van der Waals surface area contributed by atoms with Gasteiger partial charge in [0.25, 0.3) is 10.0 Å². The first kappa shape index (κ1) is 21.7. The Balaban J connectivity index is 1.73. The number of aryl methyl sites for hydroxylation is 1. The van der Waals surface area contributed by atoms with E-state index in [0.29, 0.717) is 28.0 Å². The third-order valence-electron chi connectivity index (χ3n) is 4.76. The molecule has 6 nitrogen and oxygen atoms in total. The van der Waals surface area contributed by atoms with Crippen molar-refractivity contribution < 1.29 is 8.42 Å². The maximum absolute atomic E-state index is 12.9. The zero-order valence-electron chi connectivity index (χ0n) is 16.3. The number of anilines is 2. The predicted molar refractivity (Wildman–Crippen MR) is 127 cm³/mol. The third-order valence-corrected chi connectivity index (χ3v) is 7.50. The maximum Gasteiger partial charge on any atom is 0.261 e. The van der Waals surface area contributed by atoms with Crippen molar-refractivity contribution in [1.29, 1.82) is 0 Å². The van der Waals surface area contributed by atoms with Crippen LogP contribution < -0.4 is 10.5 Å². The number of rotatable bonds is 6. The molecule has 0 atom stereocenters. The van der Waals surface area contributed by atoms with E-state index in [1.807, 2.05) is 17.5 Å². The highest BCUT2D eigenvalue weighted by Gasteiger charge is 2.21. The molecule has 0 aliphatic rings. The monoisotopic (exact) mass is 492 g/mol. The van der Waals surface area contributed by atoms with E-state index in [1.165, 1.54) is 24.3 Å². The van der Waals surface area contributed by atoms with Gasteiger partial charge in [0.1, 0.15) is 11.5 Å². The summed E-state index contributed by atoms with van der Waals surface area (Å²) < 4.78 is 30.1. The van der Waals surface area contributed by atoms with Crippen molar-refractivity contribution in [3.8, 4) is 10.6 Å². The normalized spacial score (nSPS) is 11.6. The number of nitrogens with one attached hydrogen (secondary N) is 1. The molecule has 0 bridgehead atoms. The summed E-state index contributed by atoms with van der Waals surface area (Å²) in [4.78, 5) is 1.09. The van der Waals surface area contributed by atoms with Gasteiger partial charge in [0.2, 0.25) is 0 Å². The Bertz CT molecular complexity index is 1330. The molecule has 0 aliphatic heterocycles. The van der Waals surface area contributed by atoms with Crippen molar-refractivity contribution in [2.45, 2.75) is 11.3 Å².